The van der Waals surface area contributed by atoms with Gasteiger partial charge in [0.25, 0.3) is 0 Å². The summed E-state index contributed by atoms with van der Waals surface area (Å²) < 4.78 is 15.4. The van der Waals surface area contributed by atoms with E-state index in [-0.39, 0.29) is 23.7 Å². The average Bonchev–Trinajstić information content (AvgIpc) is 2.75. The lowest BCUT2D eigenvalue weighted by Crippen LogP contribution is -2.33. The lowest BCUT2D eigenvalue weighted by molar-refractivity contribution is -0.132. The summed E-state index contributed by atoms with van der Waals surface area (Å²) >= 11 is 0. The van der Waals surface area contributed by atoms with Crippen molar-refractivity contribution in [2.75, 3.05) is 6.54 Å². The molecule has 0 saturated heterocycles. The van der Waals surface area contributed by atoms with Crippen molar-refractivity contribution in [3.8, 4) is 0 Å². The number of nitrogens with zero attached hydrogens (tertiary/aromatic N) is 2. The predicted octanol–water partition coefficient (Wildman–Crippen LogP) is 4.34. The molecule has 0 N–H and O–H groups in total. The molecule has 0 radical (unpaired) electrons. The van der Waals surface area contributed by atoms with Gasteiger partial charge in [-0.05, 0) is 48.9 Å². The molecule has 0 aliphatic heterocycles. The molecule has 0 saturated carbocycles. The zero-order chi connectivity index (χ0) is 20.4. The van der Waals surface area contributed by atoms with E-state index in [0.717, 1.165) is 16.6 Å². The molecule has 1 heterocycles. The van der Waals surface area contributed by atoms with Gasteiger partial charge in [0.15, 0.2) is 5.43 Å². The highest BCUT2D eigenvalue weighted by Crippen LogP contribution is 2.19. The van der Waals surface area contributed by atoms with Crippen LogP contribution in [0, 0.1) is 5.82 Å². The second-order valence-electron chi connectivity index (χ2n) is 6.99. The third-order valence-corrected chi connectivity index (χ3v) is 5.17. The van der Waals surface area contributed by atoms with E-state index in [9.17, 15) is 14.0 Å². The van der Waals surface area contributed by atoms with Crippen LogP contribution in [0.1, 0.15) is 12.5 Å². The summed E-state index contributed by atoms with van der Waals surface area (Å²) in [7, 11) is 0. The first kappa shape index (κ1) is 18.9. The van der Waals surface area contributed by atoms with E-state index in [2.05, 4.69) is 0 Å². The van der Waals surface area contributed by atoms with Crippen molar-refractivity contribution in [3.05, 3.63) is 94.4 Å². The van der Waals surface area contributed by atoms with Gasteiger partial charge in [0.1, 0.15) is 12.4 Å². The van der Waals surface area contributed by atoms with Gasteiger partial charge in [-0.15, -0.1) is 0 Å². The van der Waals surface area contributed by atoms with Crippen LogP contribution >= 0.6 is 0 Å². The van der Waals surface area contributed by atoms with Crippen molar-refractivity contribution < 1.29 is 9.18 Å². The zero-order valence-electron chi connectivity index (χ0n) is 16.1. The van der Waals surface area contributed by atoms with Gasteiger partial charge >= 0.3 is 0 Å². The molecule has 5 heteroatoms. The SMILES string of the molecule is CCN(Cc1cccc(F)c1)C(=O)Cn1c2ccccc2c(=O)c2ccccc21. The van der Waals surface area contributed by atoms with Gasteiger partial charge in [-0.25, -0.2) is 4.39 Å². The smallest absolute Gasteiger partial charge is 0.242 e. The highest BCUT2D eigenvalue weighted by Gasteiger charge is 2.17. The Morgan fingerprint density at radius 1 is 0.931 bits per heavy atom. The number of carbonyl (C=O) groups excluding carboxylic acids is 1. The monoisotopic (exact) mass is 388 g/mol. The molecule has 4 rings (SSSR count). The maximum atomic E-state index is 13.5. The Morgan fingerprint density at radius 2 is 1.55 bits per heavy atom. The summed E-state index contributed by atoms with van der Waals surface area (Å²) in [5.41, 5.74) is 2.17. The summed E-state index contributed by atoms with van der Waals surface area (Å²) in [6, 6.07) is 21.0. The second-order valence-corrected chi connectivity index (χ2v) is 6.99. The maximum absolute atomic E-state index is 13.5. The number of benzene rings is 3. The zero-order valence-corrected chi connectivity index (χ0v) is 16.1. The van der Waals surface area contributed by atoms with E-state index >= 15 is 0 Å². The standard InChI is InChI=1S/C24H21FN2O2/c1-2-26(15-17-8-7-9-18(25)14-17)23(28)16-27-21-12-5-3-10-19(21)24(29)20-11-4-6-13-22(20)27/h3-14H,2,15-16H2,1H3. The van der Waals surface area contributed by atoms with Crippen LogP contribution in [0.4, 0.5) is 4.39 Å². The highest BCUT2D eigenvalue weighted by molar-refractivity contribution is 5.94. The fourth-order valence-corrected chi connectivity index (χ4v) is 3.71. The Kier molecular flexibility index (Phi) is 5.12. The molecule has 29 heavy (non-hydrogen) atoms. The number of rotatable bonds is 5. The van der Waals surface area contributed by atoms with Gasteiger partial charge in [0.05, 0.1) is 11.0 Å². The number of aromatic nitrogens is 1. The lowest BCUT2D eigenvalue weighted by atomic mass is 10.1. The van der Waals surface area contributed by atoms with Crippen LogP contribution in [-0.2, 0) is 17.9 Å². The summed E-state index contributed by atoms with van der Waals surface area (Å²) in [6.45, 7) is 2.85. The van der Waals surface area contributed by atoms with E-state index < -0.39 is 0 Å². The lowest BCUT2D eigenvalue weighted by Gasteiger charge is -2.23. The number of amides is 1. The van der Waals surface area contributed by atoms with Crippen LogP contribution in [0.3, 0.4) is 0 Å². The van der Waals surface area contributed by atoms with Crippen molar-refractivity contribution in [3.63, 3.8) is 0 Å². The van der Waals surface area contributed by atoms with Gasteiger partial charge in [0.2, 0.25) is 5.91 Å². The molecule has 1 aromatic heterocycles. The molecule has 4 nitrogen and oxygen atoms in total. The number of carbonyl (C=O) groups is 1. The Balaban J connectivity index is 1.75. The number of likely N-dealkylation sites (N-methyl/N-ethyl adjacent to an activating group) is 1. The quantitative estimate of drug-likeness (QED) is 0.477. The summed E-state index contributed by atoms with van der Waals surface area (Å²) in [6.07, 6.45) is 0. The fraction of sp³-hybridized carbons (Fsp3) is 0.167. The topological polar surface area (TPSA) is 42.3 Å². The number of pyridine rings is 1. The molecule has 0 atom stereocenters. The molecule has 146 valence electrons. The Morgan fingerprint density at radius 3 is 2.14 bits per heavy atom. The fourth-order valence-electron chi connectivity index (χ4n) is 3.71. The van der Waals surface area contributed by atoms with Crippen LogP contribution in [-0.4, -0.2) is 21.9 Å². The highest BCUT2D eigenvalue weighted by atomic mass is 19.1. The van der Waals surface area contributed by atoms with Crippen molar-refractivity contribution in [1.82, 2.24) is 9.47 Å². The Labute approximate surface area is 167 Å². The van der Waals surface area contributed by atoms with E-state index in [1.165, 1.54) is 12.1 Å². The Hall–Kier alpha value is -3.47. The largest absolute Gasteiger partial charge is 0.337 e. The Bertz CT molecular complexity index is 1200. The third-order valence-electron chi connectivity index (χ3n) is 5.17. The number of hydrogen-bond acceptors (Lipinski definition) is 2. The first-order chi connectivity index (χ1) is 14.1. The first-order valence-electron chi connectivity index (χ1n) is 9.61. The predicted molar refractivity (Wildman–Crippen MR) is 113 cm³/mol. The minimum atomic E-state index is -0.316. The first-order valence-corrected chi connectivity index (χ1v) is 9.61. The van der Waals surface area contributed by atoms with Crippen LogP contribution < -0.4 is 5.43 Å². The molecule has 1 amide bonds. The summed E-state index contributed by atoms with van der Waals surface area (Å²) in [5, 5.41) is 1.18. The maximum Gasteiger partial charge on any atom is 0.242 e. The molecule has 4 aromatic rings. The van der Waals surface area contributed by atoms with E-state index in [4.69, 9.17) is 0 Å². The van der Waals surface area contributed by atoms with Gasteiger partial charge in [-0.1, -0.05) is 36.4 Å². The molecule has 3 aromatic carbocycles. The molecule has 0 spiro atoms. The van der Waals surface area contributed by atoms with Crippen molar-refractivity contribution >= 4 is 27.7 Å². The third kappa shape index (κ3) is 3.63. The van der Waals surface area contributed by atoms with Gasteiger partial charge in [-0.2, -0.15) is 0 Å². The average molecular weight is 388 g/mol. The van der Waals surface area contributed by atoms with Crippen LogP contribution in [0.2, 0.25) is 0 Å². The van der Waals surface area contributed by atoms with Gasteiger partial charge in [-0.3, -0.25) is 9.59 Å². The molecular formula is C24H21FN2O2. The summed E-state index contributed by atoms with van der Waals surface area (Å²) in [4.78, 5) is 27.7. The van der Waals surface area contributed by atoms with Crippen LogP contribution in [0.15, 0.2) is 77.6 Å². The van der Waals surface area contributed by atoms with Crippen molar-refractivity contribution in [2.45, 2.75) is 20.0 Å². The van der Waals surface area contributed by atoms with E-state index in [1.54, 1.807) is 23.1 Å². The molecule has 0 aliphatic rings. The number of hydrogen-bond donors (Lipinski definition) is 0. The molecular weight excluding hydrogens is 367 g/mol. The minimum Gasteiger partial charge on any atom is -0.337 e. The molecule has 0 fully saturated rings. The number of halogens is 1. The van der Waals surface area contributed by atoms with Crippen molar-refractivity contribution in [2.24, 2.45) is 0 Å². The molecule has 0 bridgehead atoms. The molecule has 0 aliphatic carbocycles. The number of para-hydroxylation sites is 2. The van der Waals surface area contributed by atoms with Gasteiger partial charge in [0, 0.05) is 23.9 Å². The summed E-state index contributed by atoms with van der Waals surface area (Å²) in [5.74, 6) is -0.404. The van der Waals surface area contributed by atoms with E-state index in [0.29, 0.717) is 23.9 Å². The van der Waals surface area contributed by atoms with Gasteiger partial charge < -0.3 is 9.47 Å². The number of fused-ring (bicyclic) bond motifs is 2. The van der Waals surface area contributed by atoms with Crippen LogP contribution in [0.25, 0.3) is 21.8 Å². The van der Waals surface area contributed by atoms with Crippen molar-refractivity contribution in [1.29, 1.82) is 0 Å². The minimum absolute atomic E-state index is 0.0352. The van der Waals surface area contributed by atoms with Crippen LogP contribution in [0.5, 0.6) is 0 Å². The normalized spacial score (nSPS) is 11.1. The van der Waals surface area contributed by atoms with E-state index in [1.807, 2.05) is 54.0 Å². The second kappa shape index (κ2) is 7.87. The molecule has 0 unspecified atom stereocenters.